The summed E-state index contributed by atoms with van der Waals surface area (Å²) >= 11 is 0. The molecular formula is C11H16N2O3. The Hall–Kier alpha value is -1.33. The first-order valence-electron chi connectivity index (χ1n) is 5.17. The first-order valence-corrected chi connectivity index (χ1v) is 5.17. The largest absolute Gasteiger partial charge is 0.622 e. The predicted octanol–water partition coefficient (Wildman–Crippen LogP) is 1.80. The van der Waals surface area contributed by atoms with E-state index in [0.717, 1.165) is 9.80 Å². The molecular weight excluding hydrogens is 208 g/mol. The summed E-state index contributed by atoms with van der Waals surface area (Å²) in [6, 6.07) is 3.44. The Morgan fingerprint density at radius 3 is 2.38 bits per heavy atom. The Kier molecular flexibility index (Phi) is 2.15. The Morgan fingerprint density at radius 1 is 1.38 bits per heavy atom. The van der Waals surface area contributed by atoms with Gasteiger partial charge in [0.05, 0.1) is 6.26 Å². The van der Waals surface area contributed by atoms with E-state index in [1.807, 2.05) is 0 Å². The van der Waals surface area contributed by atoms with Crippen LogP contribution in [0.15, 0.2) is 22.8 Å². The number of hydrogen-bond donors (Lipinski definition) is 1. The first-order chi connectivity index (χ1) is 7.29. The minimum Gasteiger partial charge on any atom is -0.622 e. The first kappa shape index (κ1) is 11.2. The smallest absolute Gasteiger partial charge is 0.254 e. The molecule has 0 radical (unpaired) electrons. The zero-order valence-electron chi connectivity index (χ0n) is 9.89. The third-order valence-corrected chi connectivity index (χ3v) is 3.08. The Labute approximate surface area is 94.1 Å². The highest BCUT2D eigenvalue weighted by Gasteiger charge is 2.57. The normalized spacial score (nSPS) is 24.1. The lowest BCUT2D eigenvalue weighted by molar-refractivity contribution is -0.580. The number of furan rings is 1. The summed E-state index contributed by atoms with van der Waals surface area (Å²) in [5.41, 5.74) is -1.33. The number of rotatable bonds is 1. The van der Waals surface area contributed by atoms with Crippen molar-refractivity contribution in [3.05, 3.63) is 29.4 Å². The average molecular weight is 224 g/mol. The summed E-state index contributed by atoms with van der Waals surface area (Å²) in [5, 5.41) is 23.3. The Balaban J connectivity index is 2.62. The minimum absolute atomic E-state index is 0.435. The fourth-order valence-electron chi connectivity index (χ4n) is 2.21. The third kappa shape index (κ3) is 1.22. The van der Waals surface area contributed by atoms with Crippen molar-refractivity contribution in [3.8, 4) is 0 Å². The zero-order valence-corrected chi connectivity index (χ0v) is 9.89. The Bertz CT molecular complexity index is 432. The summed E-state index contributed by atoms with van der Waals surface area (Å²) < 4.78 is 6.05. The van der Waals surface area contributed by atoms with Gasteiger partial charge in [-0.2, -0.15) is 4.74 Å². The molecule has 0 amide bonds. The number of nitrogens with zero attached hydrogens (tertiary/aromatic N) is 2. The molecule has 5 nitrogen and oxygen atoms in total. The molecule has 0 fully saturated rings. The van der Waals surface area contributed by atoms with Crippen molar-refractivity contribution in [2.45, 2.75) is 38.9 Å². The molecule has 0 bridgehead atoms. The molecule has 1 N–H and O–H groups in total. The van der Waals surface area contributed by atoms with Crippen LogP contribution in [0.4, 0.5) is 0 Å². The van der Waals surface area contributed by atoms with Crippen LogP contribution >= 0.6 is 0 Å². The predicted molar refractivity (Wildman–Crippen MR) is 58.2 cm³/mol. The molecule has 88 valence electrons. The van der Waals surface area contributed by atoms with Gasteiger partial charge < -0.3 is 14.8 Å². The summed E-state index contributed by atoms with van der Waals surface area (Å²) in [6.07, 6.45) is 1.51. The van der Waals surface area contributed by atoms with Gasteiger partial charge in [-0.1, -0.05) is 0 Å². The van der Waals surface area contributed by atoms with Gasteiger partial charge in [0.15, 0.2) is 5.76 Å². The molecule has 1 aromatic heterocycles. The summed E-state index contributed by atoms with van der Waals surface area (Å²) in [7, 11) is 0. The number of hydroxylamine groups is 3. The van der Waals surface area contributed by atoms with E-state index < -0.39 is 11.2 Å². The van der Waals surface area contributed by atoms with Crippen molar-refractivity contribution in [2.75, 3.05) is 0 Å². The van der Waals surface area contributed by atoms with E-state index in [0.29, 0.717) is 11.5 Å². The molecule has 0 spiro atoms. The van der Waals surface area contributed by atoms with E-state index in [2.05, 4.69) is 0 Å². The number of hydrogen-bond acceptors (Lipinski definition) is 4. The van der Waals surface area contributed by atoms with Crippen molar-refractivity contribution < 1.29 is 14.4 Å². The second-order valence-corrected chi connectivity index (χ2v) is 4.99. The fourth-order valence-corrected chi connectivity index (χ4v) is 2.21. The van der Waals surface area contributed by atoms with E-state index in [4.69, 9.17) is 4.42 Å². The third-order valence-electron chi connectivity index (χ3n) is 3.08. The minimum atomic E-state index is -0.994. The van der Waals surface area contributed by atoms with Crippen LogP contribution in [0, 0.1) is 5.21 Å². The summed E-state index contributed by atoms with van der Waals surface area (Å²) in [5.74, 6) is 0.490. The lowest BCUT2D eigenvalue weighted by Crippen LogP contribution is -2.51. The van der Waals surface area contributed by atoms with Gasteiger partial charge in [-0.3, -0.25) is 0 Å². The van der Waals surface area contributed by atoms with Gasteiger partial charge in [-0.25, -0.2) is 0 Å². The maximum Gasteiger partial charge on any atom is 0.254 e. The summed E-state index contributed by atoms with van der Waals surface area (Å²) in [6.45, 7) is 6.89. The molecule has 1 aliphatic rings. The van der Waals surface area contributed by atoms with Crippen LogP contribution in [-0.4, -0.2) is 31.9 Å². The van der Waals surface area contributed by atoms with Crippen LogP contribution in [0.1, 0.15) is 33.5 Å². The topological polar surface area (TPSA) is 62.7 Å². The van der Waals surface area contributed by atoms with Gasteiger partial charge in [-0.15, -0.1) is 5.06 Å². The molecule has 0 aromatic carbocycles. The standard InChI is InChI=1S/C11H16N2O3/c1-10(2)9(8-6-5-7-16-8)12(14)11(3,4)13(10)15/h5-7,15H,1-4H3. The van der Waals surface area contributed by atoms with Crippen molar-refractivity contribution >= 4 is 5.71 Å². The van der Waals surface area contributed by atoms with E-state index in [9.17, 15) is 10.4 Å². The molecule has 2 heterocycles. The van der Waals surface area contributed by atoms with Gasteiger partial charge in [0.1, 0.15) is 5.54 Å². The lowest BCUT2D eigenvalue weighted by atomic mass is 9.97. The molecule has 0 saturated carbocycles. The van der Waals surface area contributed by atoms with Gasteiger partial charge >= 0.3 is 0 Å². The molecule has 16 heavy (non-hydrogen) atoms. The van der Waals surface area contributed by atoms with Crippen molar-refractivity contribution in [2.24, 2.45) is 0 Å². The van der Waals surface area contributed by atoms with Crippen LogP contribution in [0.2, 0.25) is 0 Å². The fraction of sp³-hybridized carbons (Fsp3) is 0.545. The highest BCUT2D eigenvalue weighted by molar-refractivity contribution is 6.02. The molecule has 0 atom stereocenters. The van der Waals surface area contributed by atoms with Crippen LogP contribution in [-0.2, 0) is 0 Å². The van der Waals surface area contributed by atoms with Crippen molar-refractivity contribution in [1.82, 2.24) is 5.06 Å². The molecule has 5 heteroatoms. The SMILES string of the molecule is CC1(C)C(c2ccco2)=[N+]([O-])C(C)(C)N1O. The average Bonchev–Trinajstić information content (AvgIpc) is 2.72. The summed E-state index contributed by atoms with van der Waals surface area (Å²) in [4.78, 5) is 0. The van der Waals surface area contributed by atoms with Crippen LogP contribution in [0.5, 0.6) is 0 Å². The molecule has 1 aromatic rings. The maximum atomic E-state index is 12.2. The van der Waals surface area contributed by atoms with Crippen molar-refractivity contribution in [1.29, 1.82) is 0 Å². The van der Waals surface area contributed by atoms with Crippen molar-refractivity contribution in [3.63, 3.8) is 0 Å². The molecule has 0 saturated heterocycles. The van der Waals surface area contributed by atoms with E-state index in [1.165, 1.54) is 6.26 Å². The van der Waals surface area contributed by atoms with Crippen LogP contribution < -0.4 is 0 Å². The highest BCUT2D eigenvalue weighted by Crippen LogP contribution is 2.34. The van der Waals surface area contributed by atoms with Gasteiger partial charge in [0, 0.05) is 13.8 Å². The maximum absolute atomic E-state index is 12.2. The van der Waals surface area contributed by atoms with Crippen LogP contribution in [0.25, 0.3) is 0 Å². The van der Waals surface area contributed by atoms with Gasteiger partial charge in [0.25, 0.3) is 5.71 Å². The van der Waals surface area contributed by atoms with E-state index in [1.54, 1.807) is 39.8 Å². The molecule has 0 unspecified atom stereocenters. The molecule has 1 aliphatic heterocycles. The quantitative estimate of drug-likeness (QED) is 0.583. The molecule has 2 rings (SSSR count). The Morgan fingerprint density at radius 2 is 2.00 bits per heavy atom. The van der Waals surface area contributed by atoms with E-state index >= 15 is 0 Å². The zero-order chi connectivity index (χ0) is 12.1. The highest BCUT2D eigenvalue weighted by atomic mass is 16.6. The second-order valence-electron chi connectivity index (χ2n) is 4.99. The van der Waals surface area contributed by atoms with Gasteiger partial charge in [-0.05, 0) is 26.0 Å². The lowest BCUT2D eigenvalue weighted by Gasteiger charge is -2.29. The van der Waals surface area contributed by atoms with E-state index in [-0.39, 0.29) is 0 Å². The van der Waals surface area contributed by atoms with Crippen LogP contribution in [0.3, 0.4) is 0 Å². The second kappa shape index (κ2) is 3.09. The monoisotopic (exact) mass is 224 g/mol. The molecule has 0 aliphatic carbocycles. The van der Waals surface area contributed by atoms with Gasteiger partial charge in [0.2, 0.25) is 5.66 Å².